The Morgan fingerprint density at radius 2 is 1.74 bits per heavy atom. The second-order valence-electron chi connectivity index (χ2n) is 11.8. The molecule has 3 aromatic rings. The number of nitrogens with zero attached hydrogens (tertiary/aromatic N) is 2. The lowest BCUT2D eigenvalue weighted by atomic mass is 9.92. The van der Waals surface area contributed by atoms with Crippen LogP contribution < -0.4 is 10.9 Å². The normalized spacial score (nSPS) is 15.3. The number of aryl methyl sites for hydroxylation is 2. The van der Waals surface area contributed by atoms with Crippen molar-refractivity contribution in [1.82, 2.24) is 14.8 Å². The predicted molar refractivity (Wildman–Crippen MR) is 159 cm³/mol. The number of aromatic nitrogens is 1. The molecule has 43 heavy (non-hydrogen) atoms. The molecule has 10 heteroatoms. The highest BCUT2D eigenvalue weighted by molar-refractivity contribution is 5.82. The van der Waals surface area contributed by atoms with Crippen LogP contribution in [-0.2, 0) is 16.0 Å². The van der Waals surface area contributed by atoms with Crippen LogP contribution in [-0.4, -0.2) is 52.3 Å². The van der Waals surface area contributed by atoms with Gasteiger partial charge in [0.15, 0.2) is 11.6 Å². The summed E-state index contributed by atoms with van der Waals surface area (Å²) in [6.45, 7) is 8.76. The van der Waals surface area contributed by atoms with Gasteiger partial charge in [0, 0.05) is 37.5 Å². The molecule has 230 valence electrons. The first-order valence-corrected chi connectivity index (χ1v) is 14.5. The molecular formula is C33H38F3N3O4. The minimum atomic E-state index is -1.41. The molecule has 1 saturated heterocycles. The Kier molecular flexibility index (Phi) is 10.1. The molecule has 0 bridgehead atoms. The van der Waals surface area contributed by atoms with Crippen LogP contribution in [0.2, 0.25) is 0 Å². The molecule has 2 N–H and O–H groups in total. The van der Waals surface area contributed by atoms with Crippen LogP contribution in [0.5, 0.6) is 0 Å². The van der Waals surface area contributed by atoms with Crippen LogP contribution in [0, 0.1) is 31.4 Å². The molecule has 2 atom stereocenters. The standard InChI is InChI=1S/C33H38F3N3O4/c1-19(2)12-28(39-16-22(8-9-29(39)40)10-11-38-17-24(34)18-38)33(43)37-27(15-30(41)42)25-13-23(14-26(35)32(25)36)31-20(3)6-5-7-21(31)4/h5-9,13-14,16,19,24,27-28H,10-12,15,17-18H2,1-4H3,(H,37,43)(H,41,42). The van der Waals surface area contributed by atoms with E-state index < -0.39 is 53.7 Å². The van der Waals surface area contributed by atoms with E-state index in [9.17, 15) is 28.3 Å². The van der Waals surface area contributed by atoms with Gasteiger partial charge in [-0.15, -0.1) is 0 Å². The number of halogens is 3. The van der Waals surface area contributed by atoms with Crippen LogP contribution >= 0.6 is 0 Å². The van der Waals surface area contributed by atoms with Crippen LogP contribution in [0.1, 0.15) is 61.0 Å². The molecule has 0 saturated carbocycles. The third-order valence-electron chi connectivity index (χ3n) is 7.86. The van der Waals surface area contributed by atoms with Crippen molar-refractivity contribution >= 4 is 11.9 Å². The minimum Gasteiger partial charge on any atom is -0.481 e. The lowest BCUT2D eigenvalue weighted by Gasteiger charge is -2.34. The molecule has 2 aromatic carbocycles. The lowest BCUT2D eigenvalue weighted by Crippen LogP contribution is -2.49. The number of aliphatic carboxylic acids is 1. The molecule has 0 spiro atoms. The van der Waals surface area contributed by atoms with E-state index in [4.69, 9.17) is 0 Å². The molecule has 1 aliphatic rings. The van der Waals surface area contributed by atoms with E-state index >= 15 is 4.39 Å². The van der Waals surface area contributed by atoms with Crippen molar-refractivity contribution in [2.45, 2.75) is 65.2 Å². The summed E-state index contributed by atoms with van der Waals surface area (Å²) in [7, 11) is 0. The number of hydrogen-bond acceptors (Lipinski definition) is 4. The summed E-state index contributed by atoms with van der Waals surface area (Å²) < 4.78 is 44.8. The SMILES string of the molecule is Cc1cccc(C)c1-c1cc(F)c(F)c(C(CC(=O)O)NC(=O)C(CC(C)C)n2cc(CCN3CC(F)C3)ccc2=O)c1. The van der Waals surface area contributed by atoms with Gasteiger partial charge in [0.2, 0.25) is 5.91 Å². The molecule has 2 heterocycles. The lowest BCUT2D eigenvalue weighted by molar-refractivity contribution is -0.138. The number of carbonyl (C=O) groups excluding carboxylic acids is 1. The van der Waals surface area contributed by atoms with Crippen molar-refractivity contribution in [1.29, 1.82) is 0 Å². The summed E-state index contributed by atoms with van der Waals surface area (Å²) in [6.07, 6.45) is 0.846. The highest BCUT2D eigenvalue weighted by Crippen LogP contribution is 2.33. The van der Waals surface area contributed by atoms with Gasteiger partial charge >= 0.3 is 5.97 Å². The van der Waals surface area contributed by atoms with Crippen LogP contribution in [0.15, 0.2) is 53.5 Å². The highest BCUT2D eigenvalue weighted by Gasteiger charge is 2.30. The second-order valence-corrected chi connectivity index (χ2v) is 11.8. The Bertz CT molecular complexity index is 1530. The quantitative estimate of drug-likeness (QED) is 0.287. The van der Waals surface area contributed by atoms with Crippen molar-refractivity contribution < 1.29 is 27.9 Å². The van der Waals surface area contributed by atoms with Gasteiger partial charge in [-0.2, -0.15) is 0 Å². The fraction of sp³-hybridized carbons (Fsp3) is 0.424. The van der Waals surface area contributed by atoms with E-state index in [1.54, 1.807) is 12.3 Å². The first kappa shape index (κ1) is 32.0. The zero-order valence-electron chi connectivity index (χ0n) is 24.9. The van der Waals surface area contributed by atoms with E-state index in [-0.39, 0.29) is 17.9 Å². The molecule has 0 radical (unpaired) electrons. The molecule has 1 amide bonds. The first-order valence-electron chi connectivity index (χ1n) is 14.5. The highest BCUT2D eigenvalue weighted by atomic mass is 19.2. The van der Waals surface area contributed by atoms with Crippen molar-refractivity contribution in [3.63, 3.8) is 0 Å². The molecular weight excluding hydrogens is 559 g/mol. The fourth-order valence-corrected chi connectivity index (χ4v) is 5.67. The number of hydrogen-bond donors (Lipinski definition) is 2. The number of pyridine rings is 1. The monoisotopic (exact) mass is 597 g/mol. The number of amides is 1. The maximum absolute atomic E-state index is 15.3. The van der Waals surface area contributed by atoms with Crippen LogP contribution in [0.4, 0.5) is 13.2 Å². The number of benzene rings is 2. The third-order valence-corrected chi connectivity index (χ3v) is 7.86. The molecule has 0 aliphatic carbocycles. The summed E-state index contributed by atoms with van der Waals surface area (Å²) in [5.41, 5.74) is 2.75. The van der Waals surface area contributed by atoms with E-state index in [0.717, 1.165) is 22.8 Å². The van der Waals surface area contributed by atoms with Gasteiger partial charge in [0.1, 0.15) is 12.2 Å². The molecule has 1 aromatic heterocycles. The Morgan fingerprint density at radius 3 is 2.35 bits per heavy atom. The first-order chi connectivity index (χ1) is 20.3. The average Bonchev–Trinajstić information content (AvgIpc) is 2.91. The van der Waals surface area contributed by atoms with E-state index in [2.05, 4.69) is 5.32 Å². The Morgan fingerprint density at radius 1 is 1.07 bits per heavy atom. The zero-order valence-corrected chi connectivity index (χ0v) is 24.9. The van der Waals surface area contributed by atoms with Crippen molar-refractivity contribution in [2.24, 2.45) is 5.92 Å². The summed E-state index contributed by atoms with van der Waals surface area (Å²) in [6, 6.07) is 8.56. The Hall–Kier alpha value is -3.92. The minimum absolute atomic E-state index is 0.0339. The van der Waals surface area contributed by atoms with Gasteiger partial charge in [-0.1, -0.05) is 38.1 Å². The number of alkyl halides is 1. The number of carboxylic acid groups (broad SMARTS) is 1. The zero-order chi connectivity index (χ0) is 31.4. The van der Waals surface area contributed by atoms with Crippen LogP contribution in [0.3, 0.4) is 0 Å². The van der Waals surface area contributed by atoms with Gasteiger partial charge in [-0.05, 0) is 72.6 Å². The maximum atomic E-state index is 15.3. The van der Waals surface area contributed by atoms with Crippen LogP contribution in [0.25, 0.3) is 11.1 Å². The number of likely N-dealkylation sites (tertiary alicyclic amines) is 1. The predicted octanol–water partition coefficient (Wildman–Crippen LogP) is 5.53. The second kappa shape index (κ2) is 13.6. The number of carbonyl (C=O) groups is 2. The third kappa shape index (κ3) is 7.73. The van der Waals surface area contributed by atoms with Gasteiger partial charge in [-0.25, -0.2) is 13.2 Å². The number of carboxylic acids is 1. The molecule has 2 unspecified atom stereocenters. The summed E-state index contributed by atoms with van der Waals surface area (Å²) in [5.74, 6) is -4.44. The van der Waals surface area contributed by atoms with E-state index in [0.29, 0.717) is 37.2 Å². The number of rotatable bonds is 12. The van der Waals surface area contributed by atoms with Crippen molar-refractivity contribution in [2.75, 3.05) is 19.6 Å². The van der Waals surface area contributed by atoms with Gasteiger partial charge in [0.25, 0.3) is 5.56 Å². The fourth-order valence-electron chi connectivity index (χ4n) is 5.67. The summed E-state index contributed by atoms with van der Waals surface area (Å²) in [4.78, 5) is 40.6. The molecule has 1 aliphatic heterocycles. The maximum Gasteiger partial charge on any atom is 0.305 e. The summed E-state index contributed by atoms with van der Waals surface area (Å²) in [5, 5.41) is 12.3. The topological polar surface area (TPSA) is 91.6 Å². The van der Waals surface area contributed by atoms with Gasteiger partial charge in [-0.3, -0.25) is 19.3 Å². The summed E-state index contributed by atoms with van der Waals surface area (Å²) >= 11 is 0. The van der Waals surface area contributed by atoms with Crippen molar-refractivity contribution in [3.8, 4) is 11.1 Å². The van der Waals surface area contributed by atoms with E-state index in [1.165, 1.54) is 16.7 Å². The van der Waals surface area contributed by atoms with Gasteiger partial charge < -0.3 is 15.0 Å². The Balaban J connectivity index is 1.68. The van der Waals surface area contributed by atoms with Crippen molar-refractivity contribution in [3.05, 3.63) is 92.9 Å². The molecule has 1 fully saturated rings. The average molecular weight is 598 g/mol. The van der Waals surface area contributed by atoms with Gasteiger partial charge in [0.05, 0.1) is 12.5 Å². The molecule has 4 rings (SSSR count). The largest absolute Gasteiger partial charge is 0.481 e. The smallest absolute Gasteiger partial charge is 0.305 e. The Labute approximate surface area is 249 Å². The van der Waals surface area contributed by atoms with E-state index in [1.807, 2.05) is 50.8 Å². The molecule has 7 nitrogen and oxygen atoms in total. The number of nitrogens with one attached hydrogen (secondary N) is 1.